The Bertz CT molecular complexity index is 4770. The van der Waals surface area contributed by atoms with Gasteiger partial charge in [-0.25, -0.2) is 4.79 Å². The summed E-state index contributed by atoms with van der Waals surface area (Å²) in [5.74, 6) is 2.14. The molecule has 100 heavy (non-hydrogen) atoms. The van der Waals surface area contributed by atoms with E-state index in [4.69, 9.17) is 18.9 Å². The lowest BCUT2D eigenvalue weighted by molar-refractivity contribution is -0.132. The molecule has 7 aromatic heterocycles. The number of anilines is 6. The highest BCUT2D eigenvalue weighted by Crippen LogP contribution is 2.57. The van der Waals surface area contributed by atoms with Gasteiger partial charge in [-0.2, -0.15) is 5.26 Å². The smallest absolute Gasteiger partial charge is 0.346 e. The molecule has 0 saturated heterocycles. The van der Waals surface area contributed by atoms with E-state index < -0.39 is 5.97 Å². The minimum absolute atomic E-state index is 0.293. The Morgan fingerprint density at radius 1 is 0.380 bits per heavy atom. The molecule has 16 heteroatoms. The maximum atomic E-state index is 11.7. The zero-order chi connectivity index (χ0) is 68.7. The lowest BCUT2D eigenvalue weighted by Gasteiger charge is -2.26. The number of hydrogen-bond acceptors (Lipinski definition) is 15. The van der Waals surface area contributed by atoms with Gasteiger partial charge in [0.05, 0.1) is 36.2 Å². The van der Waals surface area contributed by atoms with Gasteiger partial charge >= 0.3 is 5.97 Å². The second-order valence-electron chi connectivity index (χ2n) is 23.9. The zero-order valence-corrected chi connectivity index (χ0v) is 61.8. The molecule has 0 saturated carbocycles. The third-order valence-corrected chi connectivity index (χ3v) is 25.4. The van der Waals surface area contributed by atoms with Crippen LogP contribution in [0.1, 0.15) is 83.9 Å². The number of hydrogen-bond donors (Lipinski definition) is 1. The van der Waals surface area contributed by atoms with Crippen molar-refractivity contribution in [3.63, 3.8) is 0 Å². The summed E-state index contributed by atoms with van der Waals surface area (Å²) in [6.07, 6.45) is 9.67. The van der Waals surface area contributed by atoms with Crippen molar-refractivity contribution in [2.24, 2.45) is 0 Å². The summed E-state index contributed by atoms with van der Waals surface area (Å²) in [6.45, 7) is 11.4. The molecule has 0 aliphatic heterocycles. The van der Waals surface area contributed by atoms with Gasteiger partial charge < -0.3 is 33.9 Å². The van der Waals surface area contributed by atoms with Gasteiger partial charge in [0.2, 0.25) is 0 Å². The maximum absolute atomic E-state index is 11.7. The van der Waals surface area contributed by atoms with Gasteiger partial charge in [0, 0.05) is 98.9 Å². The summed E-state index contributed by atoms with van der Waals surface area (Å²) in [7, 11) is 0. The molecule has 7 heterocycles. The first-order valence-electron chi connectivity index (χ1n) is 33.9. The molecule has 0 atom stereocenters. The number of thiophene rings is 7. The monoisotopic (exact) mass is 1450 g/mol. The lowest BCUT2D eigenvalue weighted by atomic mass is 9.93. The third kappa shape index (κ3) is 16.3. The van der Waals surface area contributed by atoms with Crippen molar-refractivity contribution >= 4 is 126 Å². The highest BCUT2D eigenvalue weighted by molar-refractivity contribution is 7.31. The Hall–Kier alpha value is -9.28. The summed E-state index contributed by atoms with van der Waals surface area (Å²) in [5, 5.41) is 21.2. The number of carboxylic acids is 1. The molecule has 0 amide bonds. The quantitative estimate of drug-likeness (QED) is 0.0251. The SMILES string of the molecule is CCCCOc1ccc(N(c2ccc(OCCCC)cc2)c2ccc(-c3c(-c4ccc(-c5ccc(-c6cccs6)s5)s4)sc(-c4ccc(-c5ccc(-c6ccc(/C=C(/C#N)C(=O)O)s6)s5)s4)c3-c3ccc(N(c4ccc(OCCCC)cc4)c4ccc(OCCCC)cc4)cc3)cc2)cc1. The van der Waals surface area contributed by atoms with E-state index in [9.17, 15) is 15.2 Å². The van der Waals surface area contributed by atoms with Crippen LogP contribution < -0.4 is 28.7 Å². The Kier molecular flexibility index (Phi) is 23.0. The number of rotatable bonds is 32. The fraction of sp³-hybridized carbons (Fsp3) is 0.190. The third-order valence-electron chi connectivity index (χ3n) is 16.8. The van der Waals surface area contributed by atoms with Crippen molar-refractivity contribution in [3.05, 3.63) is 234 Å². The molecule has 0 spiro atoms. The molecule has 9 nitrogen and oxygen atoms in total. The second kappa shape index (κ2) is 33.3. The number of ether oxygens (including phenoxy) is 4. The number of nitrogens with zero attached hydrogens (tertiary/aromatic N) is 3. The fourth-order valence-electron chi connectivity index (χ4n) is 11.5. The lowest BCUT2D eigenvalue weighted by Crippen LogP contribution is -2.10. The van der Waals surface area contributed by atoms with Crippen LogP contribution in [0.4, 0.5) is 34.1 Å². The number of benzene rings is 6. The molecule has 0 aliphatic rings. The average molecular weight is 1450 g/mol. The minimum atomic E-state index is -1.24. The van der Waals surface area contributed by atoms with E-state index in [1.54, 1.807) is 34.0 Å². The van der Waals surface area contributed by atoms with Crippen LogP contribution in [-0.4, -0.2) is 37.5 Å². The van der Waals surface area contributed by atoms with Crippen LogP contribution in [0, 0.1) is 11.3 Å². The summed E-state index contributed by atoms with van der Waals surface area (Å²) in [4.78, 5) is 31.1. The van der Waals surface area contributed by atoms with E-state index in [2.05, 4.69) is 249 Å². The van der Waals surface area contributed by atoms with Crippen molar-refractivity contribution in [2.45, 2.75) is 79.1 Å². The number of unbranched alkanes of at least 4 members (excludes halogenated alkanes) is 4. The fourth-order valence-corrected chi connectivity index (χ4v) is 19.2. The van der Waals surface area contributed by atoms with Crippen molar-refractivity contribution in [1.29, 1.82) is 5.26 Å². The molecule has 0 fully saturated rings. The van der Waals surface area contributed by atoms with Gasteiger partial charge in [0.25, 0.3) is 0 Å². The van der Waals surface area contributed by atoms with Gasteiger partial charge in [-0.15, -0.1) is 79.4 Å². The summed E-state index contributed by atoms with van der Waals surface area (Å²) < 4.78 is 24.7. The molecular formula is C84H75N3O6S7. The van der Waals surface area contributed by atoms with Crippen LogP contribution in [0.25, 0.3) is 86.9 Å². The average Bonchev–Trinajstić information content (AvgIpc) is 1.57. The molecule has 6 aromatic carbocycles. The Morgan fingerprint density at radius 3 is 0.990 bits per heavy atom. The largest absolute Gasteiger partial charge is 0.494 e. The van der Waals surface area contributed by atoms with E-state index in [0.717, 1.165) is 155 Å². The van der Waals surface area contributed by atoms with Crippen LogP contribution in [0.3, 0.4) is 0 Å². The second-order valence-corrected chi connectivity index (χ2v) is 31.3. The van der Waals surface area contributed by atoms with Crippen molar-refractivity contribution < 1.29 is 28.8 Å². The normalized spacial score (nSPS) is 11.4. The molecule has 1 N–H and O–H groups in total. The van der Waals surface area contributed by atoms with E-state index in [-0.39, 0.29) is 5.57 Å². The minimum Gasteiger partial charge on any atom is -0.494 e. The first kappa shape index (κ1) is 69.2. The molecule has 0 radical (unpaired) electrons. The zero-order valence-electron chi connectivity index (χ0n) is 56.1. The van der Waals surface area contributed by atoms with Crippen LogP contribution in [-0.2, 0) is 4.79 Å². The van der Waals surface area contributed by atoms with E-state index in [1.165, 1.54) is 51.6 Å². The molecule has 13 aromatic rings. The number of carboxylic acid groups (broad SMARTS) is 1. The Labute approximate surface area is 614 Å². The number of carbonyl (C=O) groups is 1. The Balaban J connectivity index is 0.960. The number of aliphatic carboxylic acids is 1. The number of nitriles is 1. The highest BCUT2D eigenvalue weighted by atomic mass is 32.1. The van der Waals surface area contributed by atoms with Gasteiger partial charge in [-0.3, -0.25) is 0 Å². The topological polar surface area (TPSA) is 104 Å². The van der Waals surface area contributed by atoms with Crippen molar-refractivity contribution in [3.8, 4) is 110 Å². The first-order chi connectivity index (χ1) is 49.1. The van der Waals surface area contributed by atoms with Crippen LogP contribution in [0.2, 0.25) is 0 Å². The van der Waals surface area contributed by atoms with Crippen molar-refractivity contribution in [2.75, 3.05) is 36.2 Å². The maximum Gasteiger partial charge on any atom is 0.346 e. The molecule has 504 valence electrons. The first-order valence-corrected chi connectivity index (χ1v) is 39.7. The van der Waals surface area contributed by atoms with Gasteiger partial charge in [-0.1, -0.05) is 83.7 Å². The summed E-state index contributed by atoms with van der Waals surface area (Å²) in [5.41, 5.74) is 10.2. The Morgan fingerprint density at radius 2 is 0.680 bits per heavy atom. The summed E-state index contributed by atoms with van der Waals surface area (Å²) in [6, 6.07) is 79.9. The van der Waals surface area contributed by atoms with Gasteiger partial charge in [-0.05, 0) is 236 Å². The molecule has 0 bridgehead atoms. The van der Waals surface area contributed by atoms with Crippen LogP contribution in [0.5, 0.6) is 23.0 Å². The molecule has 13 rings (SSSR count). The van der Waals surface area contributed by atoms with Gasteiger partial charge in [0.15, 0.2) is 0 Å². The van der Waals surface area contributed by atoms with Crippen LogP contribution >= 0.6 is 79.4 Å². The highest BCUT2D eigenvalue weighted by Gasteiger charge is 2.28. The molecule has 0 unspecified atom stereocenters. The van der Waals surface area contributed by atoms with Crippen LogP contribution in [0.15, 0.2) is 229 Å². The van der Waals surface area contributed by atoms with E-state index >= 15 is 0 Å². The van der Waals surface area contributed by atoms with Gasteiger partial charge in [0.1, 0.15) is 34.6 Å². The summed E-state index contributed by atoms with van der Waals surface area (Å²) >= 11 is 12.3. The van der Waals surface area contributed by atoms with Crippen molar-refractivity contribution in [1.82, 2.24) is 0 Å². The van der Waals surface area contributed by atoms with E-state index in [0.29, 0.717) is 31.3 Å². The standard InChI is InChI=1S/C84H75N3O6S7/c1-5-9-49-90-65-31-23-61(24-32-65)86(62-25-33-66(34-26-62)91-50-10-6-2)59-19-15-56(16-20-59)80-81(57-17-21-60(22-18-57)87(63-27-35-67(36-28-63)92-51-11-7-3)64-29-37-68(38-30-64)93-52-12-8-4)83(100-82(80)78-47-45-76(98-78)74-42-41-71(96-74)70-14-13-53-94-70)79-48-46-77(99-79)75-44-43-73(97-75)72-40-39-69(95-72)54-58(55-85)84(88)89/h13-48,53-54H,5-12,49-52H2,1-4H3,(H,88,89)/b58-54-. The predicted octanol–water partition coefficient (Wildman–Crippen LogP) is 27.1. The predicted molar refractivity (Wildman–Crippen MR) is 427 cm³/mol. The van der Waals surface area contributed by atoms with E-state index in [1.807, 2.05) is 52.2 Å². The molecule has 0 aliphatic carbocycles. The molecular weight excluding hydrogens is 1370 g/mol.